The van der Waals surface area contributed by atoms with Gasteiger partial charge < -0.3 is 57.4 Å². The van der Waals surface area contributed by atoms with Gasteiger partial charge in [-0.25, -0.2) is 19.2 Å². The molecule has 6 aromatic rings. The van der Waals surface area contributed by atoms with Gasteiger partial charge >= 0.3 is 29.8 Å². The highest BCUT2D eigenvalue weighted by molar-refractivity contribution is 5.92. The fourth-order valence-electron chi connectivity index (χ4n) is 19.7. The van der Waals surface area contributed by atoms with Gasteiger partial charge in [-0.15, -0.1) is 0 Å². The number of fused-ring (bicyclic) bond motifs is 8. The topological polar surface area (TPSA) is 216 Å². The molecular weight excluding hydrogens is 1320 g/mol. The number of ether oxygens (including phenoxy) is 11. The van der Waals surface area contributed by atoms with Crippen LogP contribution in [0.1, 0.15) is 178 Å². The van der Waals surface area contributed by atoms with E-state index in [0.717, 1.165) is 63.4 Å². The molecule has 0 unspecified atom stereocenters. The highest BCUT2D eigenvalue weighted by Crippen LogP contribution is 2.76. The van der Waals surface area contributed by atoms with Crippen LogP contribution in [0.3, 0.4) is 0 Å². The van der Waals surface area contributed by atoms with Crippen LogP contribution < -0.4 is 5.32 Å². The minimum atomic E-state index is -1.81. The number of esters is 5. The van der Waals surface area contributed by atoms with E-state index >= 15 is 0 Å². The molecule has 104 heavy (non-hydrogen) atoms. The van der Waals surface area contributed by atoms with Gasteiger partial charge in [0.2, 0.25) is 5.91 Å². The summed E-state index contributed by atoms with van der Waals surface area (Å²) in [4.78, 5) is 87.3. The minimum Gasteiger partial charge on any atom is -0.460 e. The lowest BCUT2D eigenvalue weighted by atomic mass is 9.33. The van der Waals surface area contributed by atoms with E-state index in [0.29, 0.717) is 17.9 Å². The fourth-order valence-corrected chi connectivity index (χ4v) is 19.7. The van der Waals surface area contributed by atoms with Gasteiger partial charge in [0.1, 0.15) is 43.7 Å². The Kier molecular flexibility index (Phi) is 20.6. The Morgan fingerprint density at radius 2 is 1.07 bits per heavy atom. The van der Waals surface area contributed by atoms with Crippen molar-refractivity contribution >= 4 is 35.8 Å². The zero-order valence-electron chi connectivity index (χ0n) is 60.7. The number of benzene rings is 6. The predicted molar refractivity (Wildman–Crippen MR) is 384 cm³/mol. The quantitative estimate of drug-likeness (QED) is 0.0366. The van der Waals surface area contributed by atoms with Crippen LogP contribution in [0.25, 0.3) is 0 Å². The number of allylic oxidation sites excluding steroid dienone is 2. The van der Waals surface area contributed by atoms with E-state index in [1.54, 1.807) is 121 Å². The van der Waals surface area contributed by atoms with Crippen molar-refractivity contribution < 1.29 is 80.9 Å². The standard InChI is InChI=1S/C86H97NO17/c1-53(88)87-67-70(104-79-72(102-76(92)58-35-23-13-24-36-58)71(101-75(91)57-33-21-12-22-34-57)69(100-74(90)56-31-19-11-20-32-56)62(98-79)51-94-73(89)55-29-17-10-18-30-55)68-63(52-95-77(103-68)59-37-25-14-26-38-59)97-78(67)99-66-42-43-83(6)64(82(66,4)5)41-44-85(8)65(83)40-39-60-61-49-81(2,3)45-47-86(61,48-46-84(60,85)7)80(93)96-50-54-27-15-9-16-28-54/h9-39,61-72,77-79H,40-52H2,1-8H3,(H,87,88)/t61-,62-,63-,64+,65-,66+,67-,68-,69-,70-,71+,72-,77-,78+,79+,83+,84-,85-,86+/m1/s1. The van der Waals surface area contributed by atoms with Crippen molar-refractivity contribution in [2.45, 2.75) is 200 Å². The maximum Gasteiger partial charge on any atom is 0.338 e. The van der Waals surface area contributed by atoms with E-state index in [9.17, 15) is 28.8 Å². The summed E-state index contributed by atoms with van der Waals surface area (Å²) < 4.78 is 74.7. The smallest absolute Gasteiger partial charge is 0.338 e. The molecule has 3 saturated heterocycles. The van der Waals surface area contributed by atoms with E-state index in [1.165, 1.54) is 12.5 Å². The normalized spacial score (nSPS) is 34.4. The molecule has 548 valence electrons. The molecule has 18 nitrogen and oxygen atoms in total. The van der Waals surface area contributed by atoms with Gasteiger partial charge in [0, 0.05) is 12.5 Å². The summed E-state index contributed by atoms with van der Waals surface area (Å²) in [6, 6.07) is 50.9. The van der Waals surface area contributed by atoms with Gasteiger partial charge in [-0.05, 0) is 163 Å². The van der Waals surface area contributed by atoms with Crippen molar-refractivity contribution in [1.29, 1.82) is 0 Å². The first kappa shape index (κ1) is 72.6. The van der Waals surface area contributed by atoms with Crippen molar-refractivity contribution in [3.8, 4) is 0 Å². The second-order valence-electron chi connectivity index (χ2n) is 32.2. The molecule has 18 heteroatoms. The predicted octanol–water partition coefficient (Wildman–Crippen LogP) is 14.9. The summed E-state index contributed by atoms with van der Waals surface area (Å²) >= 11 is 0. The largest absolute Gasteiger partial charge is 0.460 e. The molecule has 0 aromatic heterocycles. The van der Waals surface area contributed by atoms with Crippen LogP contribution in [0.2, 0.25) is 0 Å². The van der Waals surface area contributed by atoms with Crippen molar-refractivity contribution in [2.75, 3.05) is 13.2 Å². The van der Waals surface area contributed by atoms with Crippen LogP contribution in [0.4, 0.5) is 0 Å². The number of carbonyl (C=O) groups is 6. The van der Waals surface area contributed by atoms with Gasteiger partial charge in [-0.3, -0.25) is 9.59 Å². The first-order valence-corrected chi connectivity index (χ1v) is 37.1. The highest BCUT2D eigenvalue weighted by atomic mass is 16.8. The molecule has 19 atom stereocenters. The van der Waals surface area contributed by atoms with Crippen molar-refractivity contribution in [3.63, 3.8) is 0 Å². The third kappa shape index (κ3) is 14.0. The molecule has 0 radical (unpaired) electrons. The number of rotatable bonds is 18. The Hall–Kier alpha value is -8.36. The molecule has 5 aliphatic carbocycles. The Labute approximate surface area is 609 Å². The van der Waals surface area contributed by atoms with Gasteiger partial charge in [0.05, 0.1) is 40.4 Å². The third-order valence-electron chi connectivity index (χ3n) is 25.3. The molecule has 3 aliphatic heterocycles. The molecule has 14 rings (SSSR count). The van der Waals surface area contributed by atoms with E-state index in [2.05, 4.69) is 59.9 Å². The van der Waals surface area contributed by atoms with Crippen LogP contribution in [-0.4, -0.2) is 116 Å². The average Bonchev–Trinajstić information content (AvgIpc) is 0.675. The van der Waals surface area contributed by atoms with Crippen molar-refractivity contribution in [1.82, 2.24) is 5.32 Å². The summed E-state index contributed by atoms with van der Waals surface area (Å²) in [6.45, 7) is 18.0. The number of carbonyl (C=O) groups excluding carboxylic acids is 6. The summed E-state index contributed by atoms with van der Waals surface area (Å²) in [5.74, 6) is -3.34. The lowest BCUT2D eigenvalue weighted by molar-refractivity contribution is -0.384. The van der Waals surface area contributed by atoms with E-state index in [1.807, 2.05) is 60.7 Å². The van der Waals surface area contributed by atoms with Crippen LogP contribution in [-0.2, 0) is 68.3 Å². The summed E-state index contributed by atoms with van der Waals surface area (Å²) in [7, 11) is 0. The molecule has 6 aromatic carbocycles. The van der Waals surface area contributed by atoms with Gasteiger partial charge in [0.25, 0.3) is 0 Å². The van der Waals surface area contributed by atoms with Crippen LogP contribution >= 0.6 is 0 Å². The Morgan fingerprint density at radius 1 is 0.519 bits per heavy atom. The molecule has 1 amide bonds. The zero-order chi connectivity index (χ0) is 72.8. The average molecular weight is 1420 g/mol. The Morgan fingerprint density at radius 3 is 1.66 bits per heavy atom. The monoisotopic (exact) mass is 1420 g/mol. The molecule has 3 heterocycles. The second kappa shape index (κ2) is 29.5. The third-order valence-corrected chi connectivity index (χ3v) is 25.3. The fraction of sp³-hybridized carbons (Fsp3) is 0.488. The zero-order valence-corrected chi connectivity index (χ0v) is 60.7. The maximum absolute atomic E-state index is 14.9. The van der Waals surface area contributed by atoms with Crippen molar-refractivity contribution in [3.05, 3.63) is 227 Å². The molecule has 1 N–H and O–H groups in total. The van der Waals surface area contributed by atoms with Gasteiger partial charge in [-0.2, -0.15) is 0 Å². The van der Waals surface area contributed by atoms with Crippen LogP contribution in [0.15, 0.2) is 194 Å². The minimum absolute atomic E-state index is 0.0286. The second-order valence-corrected chi connectivity index (χ2v) is 32.2. The molecule has 7 fully saturated rings. The maximum atomic E-state index is 14.9. The molecule has 0 bridgehead atoms. The van der Waals surface area contributed by atoms with E-state index < -0.39 is 121 Å². The first-order valence-electron chi connectivity index (χ1n) is 37.1. The number of amides is 1. The lowest BCUT2D eigenvalue weighted by Crippen LogP contribution is -2.71. The van der Waals surface area contributed by atoms with E-state index in [4.69, 9.17) is 52.1 Å². The molecular formula is C86H97NO17. The van der Waals surface area contributed by atoms with Crippen LogP contribution in [0.5, 0.6) is 0 Å². The van der Waals surface area contributed by atoms with Gasteiger partial charge in [0.15, 0.2) is 37.2 Å². The van der Waals surface area contributed by atoms with Crippen molar-refractivity contribution in [2.24, 2.45) is 50.2 Å². The number of hydrogen-bond acceptors (Lipinski definition) is 17. The molecule has 8 aliphatic rings. The Balaban J connectivity index is 0.809. The highest BCUT2D eigenvalue weighted by Gasteiger charge is 2.70. The van der Waals surface area contributed by atoms with Gasteiger partial charge in [-0.1, -0.05) is 194 Å². The van der Waals surface area contributed by atoms with E-state index in [-0.39, 0.29) is 74.9 Å². The molecule has 4 saturated carbocycles. The number of hydrogen-bond donors (Lipinski definition) is 1. The Bertz CT molecular complexity index is 4080. The summed E-state index contributed by atoms with van der Waals surface area (Å²) in [5.41, 5.74) is 2.29. The SMILES string of the molecule is CC(=O)N[C@H]1[C@H](O[C@H]2CC[C@]3(C)[C@H]4CC=C5[C@H]6CC(C)(C)CC[C@]6(C(=O)OCc6ccccc6)CC[C@@]5(C)[C@]4(C)CC[C@H]3C2(C)C)O[C@@H]2CO[C@@H](c3ccccc3)O[C@H]2[C@@H]1O[C@@H]1O[C@H](COC(=O)c2ccccc2)[C@@H](OC(=O)c2ccccc2)[C@H](OC(=O)c2ccccc2)[C@H]1OC(=O)c1ccccc1. The molecule has 0 spiro atoms. The summed E-state index contributed by atoms with van der Waals surface area (Å²) in [6.07, 6.45) is -3.26. The lowest BCUT2D eigenvalue weighted by Gasteiger charge is -2.71. The summed E-state index contributed by atoms with van der Waals surface area (Å²) in [5, 5.41) is 3.17. The number of nitrogens with one attached hydrogen (secondary N) is 1. The first-order chi connectivity index (χ1) is 50.0. The van der Waals surface area contributed by atoms with Crippen LogP contribution in [0, 0.1) is 50.2 Å².